The maximum absolute atomic E-state index is 5.08. The van der Waals surface area contributed by atoms with Crippen LogP contribution >= 0.6 is 22.7 Å². The molecule has 0 bridgehead atoms. The van der Waals surface area contributed by atoms with Gasteiger partial charge in [0.1, 0.15) is 10.0 Å². The Labute approximate surface area is 292 Å². The smallest absolute Gasteiger partial charge is 0.124 e. The Morgan fingerprint density at radius 1 is 0.367 bits per heavy atom. The van der Waals surface area contributed by atoms with Crippen molar-refractivity contribution in [2.24, 2.45) is 0 Å². The van der Waals surface area contributed by atoms with Gasteiger partial charge in [0, 0.05) is 11.1 Å². The summed E-state index contributed by atoms with van der Waals surface area (Å²) in [5.74, 6) is 0. The molecular weight excluding hydrogens is 633 g/mol. The molecule has 0 radical (unpaired) electrons. The second kappa shape index (κ2) is 11.2. The molecule has 9 aromatic rings. The van der Waals surface area contributed by atoms with Gasteiger partial charge >= 0.3 is 0 Å². The van der Waals surface area contributed by atoms with Crippen LogP contribution in [0.15, 0.2) is 170 Å². The highest BCUT2D eigenvalue weighted by Crippen LogP contribution is 2.56. The van der Waals surface area contributed by atoms with Gasteiger partial charge in [-0.3, -0.25) is 0 Å². The lowest BCUT2D eigenvalue weighted by Crippen LogP contribution is -2.28. The zero-order valence-electron chi connectivity index (χ0n) is 26.4. The van der Waals surface area contributed by atoms with E-state index in [0.29, 0.717) is 0 Å². The van der Waals surface area contributed by atoms with Crippen LogP contribution in [0.3, 0.4) is 0 Å². The first-order valence-corrected chi connectivity index (χ1v) is 18.1. The molecule has 0 aliphatic heterocycles. The van der Waals surface area contributed by atoms with E-state index < -0.39 is 5.41 Å². The number of aromatic nitrogens is 2. The summed E-state index contributed by atoms with van der Waals surface area (Å²) in [6.07, 6.45) is 0. The quantitative estimate of drug-likeness (QED) is 0.184. The van der Waals surface area contributed by atoms with Gasteiger partial charge in [-0.15, -0.1) is 22.7 Å². The van der Waals surface area contributed by atoms with Crippen LogP contribution in [0.4, 0.5) is 0 Å². The highest BCUT2D eigenvalue weighted by molar-refractivity contribution is 7.22. The molecule has 230 valence electrons. The van der Waals surface area contributed by atoms with Crippen molar-refractivity contribution in [3.05, 3.63) is 192 Å². The molecule has 0 unspecified atom stereocenters. The van der Waals surface area contributed by atoms with Crippen molar-refractivity contribution >= 4 is 43.1 Å². The third-order valence-corrected chi connectivity index (χ3v) is 12.0. The average Bonchev–Trinajstić information content (AvgIpc) is 3.88. The lowest BCUT2D eigenvalue weighted by atomic mass is 9.67. The molecule has 0 N–H and O–H groups in total. The lowest BCUT2D eigenvalue weighted by molar-refractivity contribution is 0.769. The fourth-order valence-corrected chi connectivity index (χ4v) is 9.58. The number of hydrogen-bond donors (Lipinski definition) is 0. The van der Waals surface area contributed by atoms with E-state index in [1.807, 2.05) is 0 Å². The summed E-state index contributed by atoms with van der Waals surface area (Å²) in [6, 6.07) is 61.7. The van der Waals surface area contributed by atoms with E-state index in [9.17, 15) is 0 Å². The molecule has 7 aromatic carbocycles. The second-order valence-corrected chi connectivity index (χ2v) is 14.6. The Kier molecular flexibility index (Phi) is 6.48. The molecule has 49 heavy (non-hydrogen) atoms. The van der Waals surface area contributed by atoms with Crippen molar-refractivity contribution in [2.45, 2.75) is 5.41 Å². The van der Waals surface area contributed by atoms with Gasteiger partial charge in [-0.2, -0.15) is 0 Å². The van der Waals surface area contributed by atoms with Gasteiger partial charge in [-0.1, -0.05) is 121 Å². The monoisotopic (exact) mass is 660 g/mol. The number of benzene rings is 7. The van der Waals surface area contributed by atoms with Crippen LogP contribution in [0.1, 0.15) is 22.3 Å². The van der Waals surface area contributed by atoms with E-state index in [-0.39, 0.29) is 0 Å². The van der Waals surface area contributed by atoms with E-state index in [0.717, 1.165) is 37.7 Å². The number of rotatable bonds is 5. The molecule has 2 nitrogen and oxygen atoms in total. The Morgan fingerprint density at radius 2 is 0.857 bits per heavy atom. The fourth-order valence-electron chi connectivity index (χ4n) is 7.68. The van der Waals surface area contributed by atoms with Crippen molar-refractivity contribution in [3.63, 3.8) is 0 Å². The molecule has 2 heterocycles. The highest BCUT2D eigenvalue weighted by Gasteiger charge is 2.45. The Bertz CT molecular complexity index is 2480. The normalized spacial score (nSPS) is 13.1. The standard InChI is InChI=1S/C45H28N2S2/c1-2-14-33(15-3-1)45(37-19-6-4-17-35(37)36-18-5-7-20-38(36)45)34-16-12-13-29(28-34)30-25-31(43-46-39-21-8-10-23-41(39)48-43)27-32(26-30)44-47-40-22-9-11-24-42(40)49-44/h1-28H. The van der Waals surface area contributed by atoms with Crippen molar-refractivity contribution in [1.29, 1.82) is 0 Å². The summed E-state index contributed by atoms with van der Waals surface area (Å²) in [6.45, 7) is 0. The molecular formula is C45H28N2S2. The van der Waals surface area contributed by atoms with Crippen LogP contribution in [0.25, 0.3) is 63.8 Å². The largest absolute Gasteiger partial charge is 0.236 e. The summed E-state index contributed by atoms with van der Waals surface area (Å²) in [4.78, 5) is 10.2. The van der Waals surface area contributed by atoms with Crippen LogP contribution < -0.4 is 0 Å². The lowest BCUT2D eigenvalue weighted by Gasteiger charge is -2.34. The summed E-state index contributed by atoms with van der Waals surface area (Å²) in [7, 11) is 0. The zero-order valence-corrected chi connectivity index (χ0v) is 28.0. The first-order valence-electron chi connectivity index (χ1n) is 16.5. The average molecular weight is 661 g/mol. The van der Waals surface area contributed by atoms with Gasteiger partial charge in [0.2, 0.25) is 0 Å². The fraction of sp³-hybridized carbons (Fsp3) is 0.0222. The Hall–Kier alpha value is -5.68. The van der Waals surface area contributed by atoms with Crippen LogP contribution in [0.5, 0.6) is 0 Å². The van der Waals surface area contributed by atoms with Crippen molar-refractivity contribution < 1.29 is 0 Å². The van der Waals surface area contributed by atoms with Gasteiger partial charge in [-0.05, 0) is 93.0 Å². The molecule has 2 aromatic heterocycles. The van der Waals surface area contributed by atoms with Gasteiger partial charge in [0.25, 0.3) is 0 Å². The van der Waals surface area contributed by atoms with Crippen LogP contribution in [-0.2, 0) is 5.41 Å². The highest BCUT2D eigenvalue weighted by atomic mass is 32.1. The van der Waals surface area contributed by atoms with E-state index in [1.165, 1.54) is 48.3 Å². The van der Waals surface area contributed by atoms with Gasteiger partial charge in [-0.25, -0.2) is 9.97 Å². The summed E-state index contributed by atoms with van der Waals surface area (Å²) in [5, 5.41) is 2.03. The van der Waals surface area contributed by atoms with Crippen molar-refractivity contribution in [2.75, 3.05) is 0 Å². The van der Waals surface area contributed by atoms with Crippen molar-refractivity contribution in [3.8, 4) is 43.4 Å². The van der Waals surface area contributed by atoms with E-state index in [4.69, 9.17) is 9.97 Å². The molecule has 0 atom stereocenters. The minimum Gasteiger partial charge on any atom is -0.236 e. The van der Waals surface area contributed by atoms with Gasteiger partial charge in [0.05, 0.1) is 25.8 Å². The third-order valence-electron chi connectivity index (χ3n) is 9.80. The SMILES string of the molecule is c1ccc(C2(c3cccc(-c4cc(-c5nc6ccccc6s5)cc(-c5nc6ccccc6s5)c4)c3)c3ccccc3-c3ccccc32)cc1. The molecule has 1 aliphatic carbocycles. The number of nitrogens with zero attached hydrogens (tertiary/aromatic N) is 2. The maximum atomic E-state index is 5.08. The maximum Gasteiger partial charge on any atom is 0.124 e. The second-order valence-electron chi connectivity index (χ2n) is 12.6. The third kappa shape index (κ3) is 4.45. The molecule has 4 heteroatoms. The Morgan fingerprint density at radius 3 is 1.45 bits per heavy atom. The van der Waals surface area contributed by atoms with Crippen molar-refractivity contribution in [1.82, 2.24) is 9.97 Å². The van der Waals surface area contributed by atoms with Crippen LogP contribution in [0.2, 0.25) is 0 Å². The first-order chi connectivity index (χ1) is 24.3. The van der Waals surface area contributed by atoms with Gasteiger partial charge in [0.15, 0.2) is 0 Å². The molecule has 0 amide bonds. The molecule has 0 saturated carbocycles. The predicted octanol–water partition coefficient (Wildman–Crippen LogP) is 12.3. The topological polar surface area (TPSA) is 25.8 Å². The number of hydrogen-bond acceptors (Lipinski definition) is 4. The number of para-hydroxylation sites is 2. The molecule has 1 aliphatic rings. The molecule has 0 saturated heterocycles. The van der Waals surface area contributed by atoms with Crippen LogP contribution in [-0.4, -0.2) is 9.97 Å². The van der Waals surface area contributed by atoms with E-state index in [1.54, 1.807) is 22.7 Å². The summed E-state index contributed by atoms with van der Waals surface area (Å²) in [5.41, 5.74) is 13.9. The minimum atomic E-state index is -0.453. The summed E-state index contributed by atoms with van der Waals surface area (Å²) >= 11 is 3.48. The molecule has 10 rings (SSSR count). The first kappa shape index (κ1) is 28.3. The zero-order chi connectivity index (χ0) is 32.4. The summed E-state index contributed by atoms with van der Waals surface area (Å²) < 4.78 is 2.38. The molecule has 0 spiro atoms. The Balaban J connectivity index is 1.21. The predicted molar refractivity (Wildman–Crippen MR) is 206 cm³/mol. The molecule has 0 fully saturated rings. The van der Waals surface area contributed by atoms with E-state index in [2.05, 4.69) is 170 Å². The minimum absolute atomic E-state index is 0.453. The van der Waals surface area contributed by atoms with Gasteiger partial charge < -0.3 is 0 Å². The number of thiazole rings is 2. The van der Waals surface area contributed by atoms with Crippen LogP contribution in [0, 0.1) is 0 Å². The number of fused-ring (bicyclic) bond motifs is 5. The van der Waals surface area contributed by atoms with E-state index >= 15 is 0 Å².